The molecule has 2 amide bonds. The predicted molar refractivity (Wildman–Crippen MR) is 266 cm³/mol. The number of amides is 2. The first-order valence-electron chi connectivity index (χ1n) is 22.1. The van der Waals surface area contributed by atoms with Gasteiger partial charge in [0.25, 0.3) is 11.1 Å². The number of carbonyl (C=O) groups excluding carboxylic acids is 2. The Labute approximate surface area is 392 Å². The first-order chi connectivity index (χ1) is 29.5. The van der Waals surface area contributed by atoms with Crippen LogP contribution in [0.4, 0.5) is 16.3 Å². The first-order valence-corrected chi connectivity index (χ1v) is 29.8. The van der Waals surface area contributed by atoms with E-state index in [1.807, 2.05) is 13.8 Å². The second-order valence-corrected chi connectivity index (χ2v) is 32.6. The second-order valence-electron chi connectivity index (χ2n) is 20.3. The minimum Gasteiger partial charge on any atom is -0.408 e. The van der Waals surface area contributed by atoms with Crippen molar-refractivity contribution in [1.82, 2.24) is 39.0 Å². The molecule has 0 saturated carbocycles. The minimum atomic E-state index is -2.26. The van der Waals surface area contributed by atoms with Crippen LogP contribution in [-0.4, -0.2) is 108 Å². The topological polar surface area (TPSA) is 224 Å². The van der Waals surface area contributed by atoms with Gasteiger partial charge in [-0.05, 0) is 49.1 Å². The van der Waals surface area contributed by atoms with Crippen LogP contribution in [0.25, 0.3) is 22.3 Å². The van der Waals surface area contributed by atoms with E-state index in [-0.39, 0.29) is 80.0 Å². The van der Waals surface area contributed by atoms with Crippen molar-refractivity contribution in [3.63, 3.8) is 0 Å². The third-order valence-corrected chi connectivity index (χ3v) is 25.2. The molecule has 6 rings (SSSR count). The number of aromatic amines is 2. The largest absolute Gasteiger partial charge is 0.408 e. The predicted octanol–water partition coefficient (Wildman–Crippen LogP) is 8.59. The molecular weight excluding hydrogens is 908 g/mol. The highest BCUT2D eigenvalue weighted by Crippen LogP contribution is 2.51. The highest BCUT2D eigenvalue weighted by molar-refractivity contribution is 8.00. The van der Waals surface area contributed by atoms with Gasteiger partial charge in [-0.25, -0.2) is 14.4 Å². The number of halogens is 1. The van der Waals surface area contributed by atoms with Crippen molar-refractivity contribution in [2.75, 3.05) is 10.6 Å². The van der Waals surface area contributed by atoms with Crippen molar-refractivity contribution in [3.8, 4) is 0 Å². The van der Waals surface area contributed by atoms with Gasteiger partial charge >= 0.3 is 0 Å². The molecule has 0 aliphatic carbocycles. The molecule has 364 valence electrons. The number of aliphatic hydroxyl groups excluding tert-OH is 1. The number of hydrogen-bond donors (Lipinski definition) is 5. The molecule has 0 radical (unpaired) electrons. The molecule has 2 aliphatic heterocycles. The number of alkyl halides is 1. The van der Waals surface area contributed by atoms with Gasteiger partial charge < -0.3 is 14.0 Å². The Morgan fingerprint density at radius 2 is 1.12 bits per heavy atom. The number of nitrogens with zero attached hydrogens (tertiary/aromatic N) is 6. The summed E-state index contributed by atoms with van der Waals surface area (Å²) in [5.74, 6) is -0.894. The smallest absolute Gasteiger partial charge is 0.280 e. The van der Waals surface area contributed by atoms with Crippen molar-refractivity contribution in [3.05, 3.63) is 33.4 Å². The number of imidazole rings is 2. The fourth-order valence-electron chi connectivity index (χ4n) is 6.67. The van der Waals surface area contributed by atoms with Crippen LogP contribution in [0, 0.1) is 11.8 Å². The zero-order valence-electron chi connectivity index (χ0n) is 40.1. The van der Waals surface area contributed by atoms with Gasteiger partial charge in [-0.1, -0.05) is 90.5 Å². The van der Waals surface area contributed by atoms with Crippen molar-refractivity contribution < 1.29 is 27.9 Å². The SMILES string of the molecule is C.CC[C@H]1S[C@@H](n2cnc3c(=O)[nH]c(NC(=O)C(C)C)nc32)[C@H](O[Si](C)(C)C(C)(C)C)[C@@H]1O.CC[C@H]1S[C@@H](n2cnc3c(=O)[nH]c(NC(=O)C(C)C)nc32)[C@H](O[Si](C)(C)C(C)(C)C)[C@H]1F. The molecule has 2 saturated heterocycles. The Balaban J connectivity index is 0.000000280. The van der Waals surface area contributed by atoms with E-state index in [9.17, 15) is 24.3 Å². The second kappa shape index (κ2) is 20.4. The van der Waals surface area contributed by atoms with Gasteiger partial charge in [0.1, 0.15) is 29.1 Å². The molecule has 0 bridgehead atoms. The van der Waals surface area contributed by atoms with Crippen molar-refractivity contribution in [2.24, 2.45) is 11.8 Å². The van der Waals surface area contributed by atoms with Crippen LogP contribution >= 0.6 is 23.5 Å². The monoisotopic (exact) mass is 980 g/mol. The zero-order valence-corrected chi connectivity index (χ0v) is 43.7. The number of carbonyl (C=O) groups is 2. The number of anilines is 2. The van der Waals surface area contributed by atoms with Crippen LogP contribution in [-0.2, 0) is 18.4 Å². The standard InChI is InChI=1S/C21H34FN5O3SSi.C21H35N5O4SSi.CH4/c1-9-12-13(22)15(30-32(7,8)21(4,5)6)19(31-12)27-10-23-14-16(27)24-20(26-18(14)29)25-17(28)11(2)3;1-9-12-14(27)15(30-32(7,8)21(4,5)6)19(31-12)26-10-22-13-16(26)23-20(25-18(13)29)24-17(28)11(2)3;/h10-13,15,19H,9H2,1-8H3,(H2,24,25,26,28,29);10-12,14-15,19,27H,9H2,1-8H3,(H2,23,24,25,28,29);1H4/t12-,13+,15-,19-;12-,14-,15-,19-;/m11./s1. The van der Waals surface area contributed by atoms with Crippen LogP contribution < -0.4 is 21.8 Å². The third kappa shape index (κ3) is 11.5. The van der Waals surface area contributed by atoms with Gasteiger partial charge in [0, 0.05) is 22.3 Å². The van der Waals surface area contributed by atoms with Gasteiger partial charge in [0.05, 0.1) is 18.8 Å². The lowest BCUT2D eigenvalue weighted by atomic mass is 10.1. The summed E-state index contributed by atoms with van der Waals surface area (Å²) in [5, 5.41) is 15.3. The number of rotatable bonds is 12. The lowest BCUT2D eigenvalue weighted by molar-refractivity contribution is -0.119. The first kappa shape index (κ1) is 54.2. The summed E-state index contributed by atoms with van der Waals surface area (Å²) in [4.78, 5) is 72.0. The number of aromatic nitrogens is 8. The lowest BCUT2D eigenvalue weighted by Crippen LogP contribution is -2.48. The molecule has 4 aromatic rings. The molecule has 6 heterocycles. The number of H-pyrrole nitrogens is 2. The summed E-state index contributed by atoms with van der Waals surface area (Å²) in [6.45, 7) is 32.4. The van der Waals surface area contributed by atoms with Crippen LogP contribution in [0.1, 0.15) is 114 Å². The average molecular weight is 981 g/mol. The van der Waals surface area contributed by atoms with Gasteiger partial charge in [-0.15, -0.1) is 23.5 Å². The molecule has 17 nitrogen and oxygen atoms in total. The number of fused-ring (bicyclic) bond motifs is 2. The van der Waals surface area contributed by atoms with Gasteiger partial charge in [-0.3, -0.25) is 48.9 Å². The number of thioether (sulfide) groups is 2. The Bertz CT molecular complexity index is 2260. The van der Waals surface area contributed by atoms with E-state index in [0.29, 0.717) is 17.7 Å². The maximum Gasteiger partial charge on any atom is 0.280 e. The molecule has 2 aliphatic rings. The van der Waals surface area contributed by atoms with Crippen molar-refractivity contribution >= 4 is 86.2 Å². The van der Waals surface area contributed by atoms with Crippen LogP contribution in [0.2, 0.25) is 36.3 Å². The molecular formula is C43H73FN10O7S2Si2. The fraction of sp³-hybridized carbons (Fsp3) is 0.721. The maximum absolute atomic E-state index is 15.5. The summed E-state index contributed by atoms with van der Waals surface area (Å²) in [7, 11) is -4.45. The van der Waals surface area contributed by atoms with Crippen molar-refractivity contribution in [1.29, 1.82) is 0 Å². The van der Waals surface area contributed by atoms with Gasteiger partial charge in [0.2, 0.25) is 23.7 Å². The number of aliphatic hydroxyl groups is 1. The summed E-state index contributed by atoms with van der Waals surface area (Å²) in [6.07, 6.45) is 1.60. The van der Waals surface area contributed by atoms with Crippen molar-refractivity contribution in [2.45, 2.75) is 185 Å². The summed E-state index contributed by atoms with van der Waals surface area (Å²) in [5.41, 5.74) is 0.117. The molecule has 2 fully saturated rings. The Morgan fingerprint density at radius 1 is 0.754 bits per heavy atom. The summed E-state index contributed by atoms with van der Waals surface area (Å²) >= 11 is 3.10. The number of hydrogen-bond acceptors (Lipinski definition) is 13. The van der Waals surface area contributed by atoms with E-state index < -0.39 is 57.6 Å². The summed E-state index contributed by atoms with van der Waals surface area (Å²) in [6, 6.07) is 0. The summed E-state index contributed by atoms with van der Waals surface area (Å²) < 4.78 is 32.3. The van der Waals surface area contributed by atoms with Crippen LogP contribution in [0.5, 0.6) is 0 Å². The van der Waals surface area contributed by atoms with E-state index in [4.69, 9.17) is 8.85 Å². The molecule has 4 aromatic heterocycles. The molecule has 5 N–H and O–H groups in total. The van der Waals surface area contributed by atoms with E-state index in [1.165, 1.54) is 18.1 Å². The minimum absolute atomic E-state index is 0. The molecule has 8 atom stereocenters. The van der Waals surface area contributed by atoms with Gasteiger partial charge in [-0.2, -0.15) is 9.97 Å². The van der Waals surface area contributed by atoms with Crippen LogP contribution in [0.3, 0.4) is 0 Å². The van der Waals surface area contributed by atoms with Crippen LogP contribution in [0.15, 0.2) is 22.2 Å². The Morgan fingerprint density at radius 3 is 1.49 bits per heavy atom. The third-order valence-electron chi connectivity index (χ3n) is 12.8. The molecule has 0 spiro atoms. The lowest BCUT2D eigenvalue weighted by Gasteiger charge is -2.40. The molecule has 65 heavy (non-hydrogen) atoms. The normalized spacial score (nSPS) is 24.1. The Hall–Kier alpha value is -3.42. The van der Waals surface area contributed by atoms with E-state index in [1.54, 1.807) is 54.9 Å². The zero-order chi connectivity index (χ0) is 48.0. The fourth-order valence-corrected chi connectivity index (χ4v) is 12.5. The highest BCUT2D eigenvalue weighted by Gasteiger charge is 2.52. The highest BCUT2D eigenvalue weighted by atomic mass is 32.2. The quantitative estimate of drug-likeness (QED) is 0.0840. The van der Waals surface area contributed by atoms with E-state index in [2.05, 4.69) is 108 Å². The van der Waals surface area contributed by atoms with E-state index >= 15 is 4.39 Å². The molecule has 0 unspecified atom stereocenters. The van der Waals surface area contributed by atoms with E-state index in [0.717, 1.165) is 6.42 Å². The maximum atomic E-state index is 15.5. The Kier molecular flexibility index (Phi) is 17.0. The molecule has 22 heteroatoms. The average Bonchev–Trinajstić information content (AvgIpc) is 3.95. The van der Waals surface area contributed by atoms with Gasteiger partial charge in [0.15, 0.2) is 39.0 Å². The number of nitrogens with one attached hydrogen (secondary N) is 4. The molecule has 0 aromatic carbocycles.